The van der Waals surface area contributed by atoms with E-state index in [0.29, 0.717) is 32.9 Å². The van der Waals surface area contributed by atoms with Gasteiger partial charge in [-0.1, -0.05) is 47.5 Å². The third-order valence-corrected chi connectivity index (χ3v) is 5.13. The third-order valence-electron chi connectivity index (χ3n) is 3.49. The summed E-state index contributed by atoms with van der Waals surface area (Å²) in [5.74, 6) is -0.261. The lowest BCUT2D eigenvalue weighted by Gasteiger charge is -2.05. The Kier molecular flexibility index (Phi) is 5.53. The summed E-state index contributed by atoms with van der Waals surface area (Å²) in [5.41, 5.74) is 4.77. The molecule has 8 heteroatoms. The number of hydrogen-bond acceptors (Lipinski definition) is 4. The second kappa shape index (κ2) is 7.82. The van der Waals surface area contributed by atoms with Gasteiger partial charge in [0.1, 0.15) is 5.15 Å². The molecular formula is C17H14Cl2N4OS. The summed E-state index contributed by atoms with van der Waals surface area (Å²) in [4.78, 5) is 12.5. The van der Waals surface area contributed by atoms with Crippen molar-refractivity contribution in [3.63, 3.8) is 0 Å². The fourth-order valence-corrected chi connectivity index (χ4v) is 3.32. The Hall–Kier alpha value is -2.15. The van der Waals surface area contributed by atoms with Crippen LogP contribution in [0.2, 0.25) is 10.2 Å². The summed E-state index contributed by atoms with van der Waals surface area (Å²) in [5, 5.41) is 11.3. The van der Waals surface area contributed by atoms with Crippen LogP contribution in [0.1, 0.15) is 26.5 Å². The SMILES string of the molecule is Cc1nn(Cc2ccccc2Cl)c(Cl)c1/C=N\NC(=O)c1cccs1. The third kappa shape index (κ3) is 4.10. The minimum absolute atomic E-state index is 0.261. The zero-order valence-corrected chi connectivity index (χ0v) is 15.6. The van der Waals surface area contributed by atoms with E-state index in [2.05, 4.69) is 15.6 Å². The number of benzene rings is 1. The highest BCUT2D eigenvalue weighted by molar-refractivity contribution is 7.12. The Labute approximate surface area is 158 Å². The summed E-state index contributed by atoms with van der Waals surface area (Å²) in [7, 11) is 0. The highest BCUT2D eigenvalue weighted by Crippen LogP contribution is 2.22. The summed E-state index contributed by atoms with van der Waals surface area (Å²) in [6.45, 7) is 2.28. The number of halogens is 2. The first-order valence-corrected chi connectivity index (χ1v) is 9.03. The summed E-state index contributed by atoms with van der Waals surface area (Å²) >= 11 is 13.9. The number of thiophene rings is 1. The van der Waals surface area contributed by atoms with Crippen molar-refractivity contribution in [1.29, 1.82) is 0 Å². The fraction of sp³-hybridized carbons (Fsp3) is 0.118. The lowest BCUT2D eigenvalue weighted by molar-refractivity contribution is 0.0959. The largest absolute Gasteiger partial charge is 0.281 e. The molecule has 2 aromatic heterocycles. The van der Waals surface area contributed by atoms with E-state index < -0.39 is 0 Å². The molecule has 0 aliphatic rings. The first kappa shape index (κ1) is 17.7. The van der Waals surface area contributed by atoms with Crippen molar-refractivity contribution in [2.75, 3.05) is 0 Å². The van der Waals surface area contributed by atoms with E-state index in [4.69, 9.17) is 23.2 Å². The number of hydrazone groups is 1. The van der Waals surface area contributed by atoms with Crippen LogP contribution in [0.15, 0.2) is 46.9 Å². The molecule has 0 aliphatic heterocycles. The molecule has 0 saturated carbocycles. The van der Waals surface area contributed by atoms with Crippen LogP contribution in [-0.2, 0) is 6.54 Å². The van der Waals surface area contributed by atoms with Gasteiger partial charge in [0.15, 0.2) is 0 Å². The van der Waals surface area contributed by atoms with Gasteiger partial charge < -0.3 is 0 Å². The molecule has 1 amide bonds. The molecule has 2 heterocycles. The predicted octanol–water partition coefficient (Wildman–Crippen LogP) is 4.37. The first-order chi connectivity index (χ1) is 12.1. The van der Waals surface area contributed by atoms with Gasteiger partial charge >= 0.3 is 0 Å². The van der Waals surface area contributed by atoms with Crippen LogP contribution in [0, 0.1) is 6.92 Å². The van der Waals surface area contributed by atoms with Gasteiger partial charge in [0.05, 0.1) is 28.9 Å². The van der Waals surface area contributed by atoms with Crippen LogP contribution in [0.3, 0.4) is 0 Å². The Balaban J connectivity index is 1.74. The van der Waals surface area contributed by atoms with Gasteiger partial charge in [0, 0.05) is 5.02 Å². The van der Waals surface area contributed by atoms with E-state index in [9.17, 15) is 4.79 Å². The monoisotopic (exact) mass is 392 g/mol. The van der Waals surface area contributed by atoms with Gasteiger partial charge in [0.25, 0.3) is 5.91 Å². The number of carbonyl (C=O) groups is 1. The molecule has 3 rings (SSSR count). The number of aromatic nitrogens is 2. The zero-order valence-electron chi connectivity index (χ0n) is 13.2. The van der Waals surface area contributed by atoms with Crippen molar-refractivity contribution in [2.24, 2.45) is 5.10 Å². The highest BCUT2D eigenvalue weighted by atomic mass is 35.5. The Bertz CT molecular complexity index is 919. The maximum atomic E-state index is 11.9. The molecule has 0 fully saturated rings. The molecule has 1 N–H and O–H groups in total. The molecule has 0 spiro atoms. The van der Waals surface area contributed by atoms with E-state index >= 15 is 0 Å². The highest BCUT2D eigenvalue weighted by Gasteiger charge is 2.13. The normalized spacial score (nSPS) is 11.2. The molecule has 0 saturated heterocycles. The molecule has 128 valence electrons. The number of hydrogen-bond donors (Lipinski definition) is 1. The minimum atomic E-state index is -0.261. The van der Waals surface area contributed by atoms with Gasteiger partial charge in [-0.25, -0.2) is 10.1 Å². The standard InChI is InChI=1S/C17H14Cl2N4OS/c1-11-13(9-20-21-17(24)15-7-4-8-25-15)16(19)23(22-11)10-12-5-2-3-6-14(12)18/h2-9H,10H2,1H3,(H,21,24)/b20-9-. The van der Waals surface area contributed by atoms with Gasteiger partial charge in [0.2, 0.25) is 0 Å². The summed E-state index contributed by atoms with van der Waals surface area (Å²) in [6.07, 6.45) is 1.50. The average molecular weight is 393 g/mol. The number of carbonyl (C=O) groups excluding carboxylic acids is 1. The van der Waals surface area contributed by atoms with Crippen LogP contribution >= 0.6 is 34.5 Å². The molecule has 0 radical (unpaired) electrons. The number of rotatable bonds is 5. The Morgan fingerprint density at radius 3 is 2.84 bits per heavy atom. The van der Waals surface area contributed by atoms with E-state index in [1.54, 1.807) is 10.7 Å². The maximum absolute atomic E-state index is 11.9. The second-order valence-corrected chi connectivity index (χ2v) is 6.93. The van der Waals surface area contributed by atoms with E-state index in [1.165, 1.54) is 17.6 Å². The van der Waals surface area contributed by atoms with E-state index in [0.717, 1.165) is 5.56 Å². The van der Waals surface area contributed by atoms with Gasteiger partial charge in [-0.3, -0.25) is 4.79 Å². The molecule has 5 nitrogen and oxygen atoms in total. The second-order valence-electron chi connectivity index (χ2n) is 5.22. The molecule has 0 unspecified atom stereocenters. The van der Waals surface area contributed by atoms with Crippen molar-refractivity contribution in [3.8, 4) is 0 Å². The van der Waals surface area contributed by atoms with Crippen LogP contribution in [-0.4, -0.2) is 21.9 Å². The molecule has 25 heavy (non-hydrogen) atoms. The predicted molar refractivity (Wildman–Crippen MR) is 102 cm³/mol. The molecule has 3 aromatic rings. The van der Waals surface area contributed by atoms with E-state index in [1.807, 2.05) is 42.6 Å². The molecule has 1 aromatic carbocycles. The minimum Gasteiger partial charge on any atom is -0.266 e. The van der Waals surface area contributed by atoms with Crippen molar-refractivity contribution in [1.82, 2.24) is 15.2 Å². The van der Waals surface area contributed by atoms with Crippen LogP contribution in [0.25, 0.3) is 0 Å². The summed E-state index contributed by atoms with van der Waals surface area (Å²) in [6, 6.07) is 11.1. The number of nitrogens with one attached hydrogen (secondary N) is 1. The summed E-state index contributed by atoms with van der Waals surface area (Å²) < 4.78 is 1.65. The number of aryl methyl sites for hydroxylation is 1. The van der Waals surface area contributed by atoms with Gasteiger partial charge in [-0.15, -0.1) is 11.3 Å². The lowest BCUT2D eigenvalue weighted by Crippen LogP contribution is -2.16. The average Bonchev–Trinajstić information content (AvgIpc) is 3.21. The number of nitrogens with zero attached hydrogens (tertiary/aromatic N) is 3. The van der Waals surface area contributed by atoms with Gasteiger partial charge in [-0.05, 0) is 30.0 Å². The molecule has 0 bridgehead atoms. The fourth-order valence-electron chi connectivity index (χ4n) is 2.22. The van der Waals surface area contributed by atoms with Crippen molar-refractivity contribution in [2.45, 2.75) is 13.5 Å². The Morgan fingerprint density at radius 1 is 1.32 bits per heavy atom. The van der Waals surface area contributed by atoms with E-state index in [-0.39, 0.29) is 5.91 Å². The molecule has 0 atom stereocenters. The maximum Gasteiger partial charge on any atom is 0.281 e. The van der Waals surface area contributed by atoms with Crippen LogP contribution in [0.4, 0.5) is 0 Å². The topological polar surface area (TPSA) is 59.3 Å². The van der Waals surface area contributed by atoms with Crippen LogP contribution in [0.5, 0.6) is 0 Å². The first-order valence-electron chi connectivity index (χ1n) is 7.39. The Morgan fingerprint density at radius 2 is 2.12 bits per heavy atom. The zero-order chi connectivity index (χ0) is 17.8. The quantitative estimate of drug-likeness (QED) is 0.517. The van der Waals surface area contributed by atoms with Crippen LogP contribution < -0.4 is 5.43 Å². The van der Waals surface area contributed by atoms with Gasteiger partial charge in [-0.2, -0.15) is 10.2 Å². The smallest absolute Gasteiger partial charge is 0.266 e. The van der Waals surface area contributed by atoms with Crippen molar-refractivity contribution in [3.05, 3.63) is 73.7 Å². The lowest BCUT2D eigenvalue weighted by atomic mass is 10.2. The number of amides is 1. The molecule has 0 aliphatic carbocycles. The van der Waals surface area contributed by atoms with Crippen molar-refractivity contribution < 1.29 is 4.79 Å². The molecular weight excluding hydrogens is 379 g/mol. The van der Waals surface area contributed by atoms with Crippen molar-refractivity contribution >= 4 is 46.7 Å².